The van der Waals surface area contributed by atoms with E-state index in [0.29, 0.717) is 23.0 Å². The summed E-state index contributed by atoms with van der Waals surface area (Å²) >= 11 is 6.57. The number of halogens is 1. The molecule has 168 valence electrons. The van der Waals surface area contributed by atoms with Crippen LogP contribution in [0.2, 0.25) is 5.15 Å². The molecule has 7 heteroatoms. The van der Waals surface area contributed by atoms with E-state index in [1.807, 2.05) is 19.1 Å². The predicted octanol–water partition coefficient (Wildman–Crippen LogP) is 4.61. The third-order valence-corrected chi connectivity index (χ3v) is 6.40. The number of amides is 1. The van der Waals surface area contributed by atoms with Gasteiger partial charge >= 0.3 is 0 Å². The minimum Gasteiger partial charge on any atom is -0.497 e. The van der Waals surface area contributed by atoms with Crippen molar-refractivity contribution >= 4 is 23.2 Å². The first-order chi connectivity index (χ1) is 15.4. The third-order valence-electron chi connectivity index (χ3n) is 6.01. The maximum atomic E-state index is 13.0. The van der Waals surface area contributed by atoms with Crippen LogP contribution in [0.1, 0.15) is 40.0 Å². The van der Waals surface area contributed by atoms with E-state index in [1.165, 1.54) is 11.3 Å². The monoisotopic (exact) mass is 452 g/mol. The number of ether oxygens (including phenoxy) is 1. The summed E-state index contributed by atoms with van der Waals surface area (Å²) in [6.07, 6.45) is 1.76. The van der Waals surface area contributed by atoms with Crippen molar-refractivity contribution in [3.63, 3.8) is 0 Å². The Morgan fingerprint density at radius 1 is 1.09 bits per heavy atom. The van der Waals surface area contributed by atoms with E-state index in [4.69, 9.17) is 16.3 Å². The molecule has 1 N–H and O–H groups in total. The normalized spacial score (nSPS) is 14.4. The Hall–Kier alpha value is -2.99. The molecular weight excluding hydrogens is 424 g/mol. The van der Waals surface area contributed by atoms with Crippen molar-refractivity contribution in [1.29, 1.82) is 0 Å². The quantitative estimate of drug-likeness (QED) is 0.593. The highest BCUT2D eigenvalue weighted by molar-refractivity contribution is 6.33. The van der Waals surface area contributed by atoms with Gasteiger partial charge in [-0.1, -0.05) is 41.4 Å². The van der Waals surface area contributed by atoms with Crippen LogP contribution < -0.4 is 15.0 Å². The van der Waals surface area contributed by atoms with E-state index >= 15 is 0 Å². The van der Waals surface area contributed by atoms with Crippen molar-refractivity contribution in [1.82, 2.24) is 15.1 Å². The minimum atomic E-state index is -0.148. The van der Waals surface area contributed by atoms with Crippen LogP contribution in [-0.4, -0.2) is 41.9 Å². The van der Waals surface area contributed by atoms with Gasteiger partial charge in [0.15, 0.2) is 0 Å². The Bertz CT molecular complexity index is 1070. The predicted molar refractivity (Wildman–Crippen MR) is 128 cm³/mol. The zero-order valence-electron chi connectivity index (χ0n) is 18.8. The Morgan fingerprint density at radius 2 is 1.75 bits per heavy atom. The van der Waals surface area contributed by atoms with E-state index in [-0.39, 0.29) is 11.9 Å². The Kier molecular flexibility index (Phi) is 6.70. The van der Waals surface area contributed by atoms with Crippen LogP contribution in [0.15, 0.2) is 48.5 Å². The highest BCUT2D eigenvalue weighted by Crippen LogP contribution is 2.24. The van der Waals surface area contributed by atoms with Crippen LogP contribution in [0.5, 0.6) is 5.75 Å². The molecule has 0 unspecified atom stereocenters. The first kappa shape index (κ1) is 22.2. The molecule has 4 rings (SSSR count). The number of nitrogens with one attached hydrogen (secondary N) is 1. The number of carbonyl (C=O) groups is 1. The fourth-order valence-corrected chi connectivity index (χ4v) is 4.44. The summed E-state index contributed by atoms with van der Waals surface area (Å²) in [5.41, 5.74) is 4.59. The zero-order valence-corrected chi connectivity index (χ0v) is 19.5. The molecule has 1 aliphatic rings. The maximum Gasteiger partial charge on any atom is 0.256 e. The molecule has 0 atom stereocenters. The number of rotatable bonds is 6. The van der Waals surface area contributed by atoms with Gasteiger partial charge in [0, 0.05) is 24.8 Å². The number of hydrogen-bond acceptors (Lipinski definition) is 4. The number of nitrogens with zero attached hydrogens (tertiary/aromatic N) is 3. The van der Waals surface area contributed by atoms with E-state index in [1.54, 1.807) is 11.8 Å². The fourth-order valence-electron chi connectivity index (χ4n) is 4.12. The maximum absolute atomic E-state index is 13.0. The van der Waals surface area contributed by atoms with Crippen LogP contribution in [0.25, 0.3) is 0 Å². The second-order valence-corrected chi connectivity index (χ2v) is 8.69. The van der Waals surface area contributed by atoms with Crippen molar-refractivity contribution in [3.8, 4) is 5.75 Å². The SMILES string of the molecule is COc1ccc(N2CCC(NC(=O)c3c(C)nn(Cc4ccc(C)cc4)c3Cl)CC2)cc1. The van der Waals surface area contributed by atoms with Gasteiger partial charge in [-0.05, 0) is 56.5 Å². The fraction of sp³-hybridized carbons (Fsp3) is 0.360. The zero-order chi connectivity index (χ0) is 22.7. The largest absolute Gasteiger partial charge is 0.497 e. The summed E-state index contributed by atoms with van der Waals surface area (Å²) in [4.78, 5) is 15.3. The Morgan fingerprint density at radius 3 is 2.38 bits per heavy atom. The van der Waals surface area contributed by atoms with E-state index in [9.17, 15) is 4.79 Å². The number of aryl methyl sites for hydroxylation is 2. The number of hydrogen-bond donors (Lipinski definition) is 1. The number of piperidine rings is 1. The van der Waals surface area contributed by atoms with Crippen molar-refractivity contribution in [3.05, 3.63) is 76.1 Å². The van der Waals surface area contributed by atoms with Gasteiger partial charge in [0.05, 0.1) is 24.9 Å². The molecule has 1 aliphatic heterocycles. The molecule has 0 aliphatic carbocycles. The van der Waals surface area contributed by atoms with E-state index < -0.39 is 0 Å². The summed E-state index contributed by atoms with van der Waals surface area (Å²) in [6.45, 7) is 6.19. The molecule has 0 spiro atoms. The topological polar surface area (TPSA) is 59.4 Å². The van der Waals surface area contributed by atoms with Gasteiger partial charge in [0.25, 0.3) is 5.91 Å². The molecule has 0 saturated carbocycles. The number of methoxy groups -OCH3 is 1. The lowest BCUT2D eigenvalue weighted by Crippen LogP contribution is -2.44. The van der Waals surface area contributed by atoms with E-state index in [2.05, 4.69) is 58.6 Å². The van der Waals surface area contributed by atoms with Gasteiger partial charge in [-0.3, -0.25) is 4.79 Å². The Labute approximate surface area is 194 Å². The molecule has 0 radical (unpaired) electrons. The molecule has 32 heavy (non-hydrogen) atoms. The smallest absolute Gasteiger partial charge is 0.256 e. The van der Waals surface area contributed by atoms with Crippen LogP contribution in [-0.2, 0) is 6.54 Å². The molecule has 6 nitrogen and oxygen atoms in total. The average Bonchev–Trinajstić information content (AvgIpc) is 3.08. The molecular formula is C25H29ClN4O2. The minimum absolute atomic E-state index is 0.118. The molecule has 2 heterocycles. The summed E-state index contributed by atoms with van der Waals surface area (Å²) in [7, 11) is 1.67. The number of benzene rings is 2. The standard InChI is InChI=1S/C25H29ClN4O2/c1-17-4-6-19(7-5-17)16-30-24(26)23(18(2)28-30)25(31)27-20-12-14-29(15-13-20)21-8-10-22(32-3)11-9-21/h4-11,20H,12-16H2,1-3H3,(H,27,31). The lowest BCUT2D eigenvalue weighted by atomic mass is 10.0. The van der Waals surface area contributed by atoms with Gasteiger partial charge in [-0.15, -0.1) is 0 Å². The van der Waals surface area contributed by atoms with Gasteiger partial charge in [-0.2, -0.15) is 5.10 Å². The second kappa shape index (κ2) is 9.65. The van der Waals surface area contributed by atoms with Gasteiger partial charge in [0.2, 0.25) is 0 Å². The Balaban J connectivity index is 1.37. The van der Waals surface area contributed by atoms with Crippen LogP contribution in [0, 0.1) is 13.8 Å². The molecule has 1 fully saturated rings. The molecule has 0 bridgehead atoms. The van der Waals surface area contributed by atoms with Crippen LogP contribution in [0.3, 0.4) is 0 Å². The molecule has 3 aromatic rings. The third kappa shape index (κ3) is 4.91. The number of anilines is 1. The van der Waals surface area contributed by atoms with E-state index in [0.717, 1.165) is 37.2 Å². The van der Waals surface area contributed by atoms with Crippen LogP contribution in [0.4, 0.5) is 5.69 Å². The highest BCUT2D eigenvalue weighted by Gasteiger charge is 2.25. The molecule has 2 aromatic carbocycles. The first-order valence-electron chi connectivity index (χ1n) is 10.9. The van der Waals surface area contributed by atoms with Gasteiger partial charge in [0.1, 0.15) is 10.9 Å². The lowest BCUT2D eigenvalue weighted by molar-refractivity contribution is 0.0930. The summed E-state index contributed by atoms with van der Waals surface area (Å²) in [6, 6.07) is 16.4. The number of carbonyl (C=O) groups excluding carboxylic acids is 1. The van der Waals surface area contributed by atoms with Crippen molar-refractivity contribution in [2.45, 2.75) is 39.3 Å². The van der Waals surface area contributed by atoms with Crippen molar-refractivity contribution in [2.24, 2.45) is 0 Å². The van der Waals surface area contributed by atoms with Crippen molar-refractivity contribution < 1.29 is 9.53 Å². The lowest BCUT2D eigenvalue weighted by Gasteiger charge is -2.34. The average molecular weight is 453 g/mol. The van der Waals surface area contributed by atoms with Gasteiger partial charge in [-0.25, -0.2) is 4.68 Å². The molecule has 1 amide bonds. The van der Waals surface area contributed by atoms with Crippen LogP contribution >= 0.6 is 11.6 Å². The molecule has 1 aromatic heterocycles. The summed E-state index contributed by atoms with van der Waals surface area (Å²) in [5, 5.41) is 8.07. The second-order valence-electron chi connectivity index (χ2n) is 8.33. The summed E-state index contributed by atoms with van der Waals surface area (Å²) < 4.78 is 6.93. The first-order valence-corrected chi connectivity index (χ1v) is 11.3. The molecule has 1 saturated heterocycles. The van der Waals surface area contributed by atoms with Gasteiger partial charge < -0.3 is 15.0 Å². The highest BCUT2D eigenvalue weighted by atomic mass is 35.5. The van der Waals surface area contributed by atoms with Crippen molar-refractivity contribution in [2.75, 3.05) is 25.1 Å². The summed E-state index contributed by atoms with van der Waals surface area (Å²) in [5.74, 6) is 0.705. The number of aromatic nitrogens is 2.